The molecule has 12 heteroatoms. The quantitative estimate of drug-likeness (QED) is 0.351. The SMILES string of the molecule is O=C(C1CCN(S(=O)(=O)c2ccc(Cl)s2)CC1)N(CCn1cccn1)c1nc2ccccc2s1. The zero-order valence-electron chi connectivity index (χ0n) is 18.1. The summed E-state index contributed by atoms with van der Waals surface area (Å²) in [7, 11) is -3.60. The number of hydrogen-bond donors (Lipinski definition) is 0. The number of nitrogens with zero attached hydrogens (tertiary/aromatic N) is 5. The fourth-order valence-electron chi connectivity index (χ4n) is 4.04. The van der Waals surface area contributed by atoms with E-state index < -0.39 is 10.0 Å². The second kappa shape index (κ2) is 9.74. The van der Waals surface area contributed by atoms with Crippen molar-refractivity contribution in [1.82, 2.24) is 19.1 Å². The van der Waals surface area contributed by atoms with E-state index in [-0.39, 0.29) is 16.0 Å². The van der Waals surface area contributed by atoms with Gasteiger partial charge in [0.2, 0.25) is 5.91 Å². The van der Waals surface area contributed by atoms with Gasteiger partial charge in [-0.2, -0.15) is 9.40 Å². The summed E-state index contributed by atoms with van der Waals surface area (Å²) in [6.45, 7) is 1.57. The van der Waals surface area contributed by atoms with Crippen LogP contribution in [0.1, 0.15) is 12.8 Å². The van der Waals surface area contributed by atoms with Gasteiger partial charge in [0, 0.05) is 37.9 Å². The molecule has 0 radical (unpaired) electrons. The van der Waals surface area contributed by atoms with E-state index in [2.05, 4.69) is 5.10 Å². The van der Waals surface area contributed by atoms with Crippen molar-refractivity contribution < 1.29 is 13.2 Å². The Hall–Kier alpha value is -2.31. The average molecular weight is 536 g/mol. The number of rotatable bonds is 7. The van der Waals surface area contributed by atoms with Crippen LogP contribution in [0.25, 0.3) is 10.2 Å². The van der Waals surface area contributed by atoms with Crippen LogP contribution in [-0.2, 0) is 21.4 Å². The van der Waals surface area contributed by atoms with Crippen LogP contribution in [0, 0.1) is 5.92 Å². The molecular weight excluding hydrogens is 514 g/mol. The minimum atomic E-state index is -3.60. The summed E-state index contributed by atoms with van der Waals surface area (Å²) in [5, 5.41) is 4.90. The molecule has 178 valence electrons. The molecule has 34 heavy (non-hydrogen) atoms. The molecule has 5 rings (SSSR count). The van der Waals surface area contributed by atoms with Gasteiger partial charge in [-0.1, -0.05) is 35.1 Å². The number of anilines is 1. The standard InChI is InChI=1S/C22H22ClN5O3S3/c23-19-6-7-20(33-19)34(30,31)27-12-8-16(9-13-27)21(29)28(15-14-26-11-3-10-24-26)22-25-17-4-1-2-5-18(17)32-22/h1-7,10-11,16H,8-9,12-15H2. The molecule has 1 amide bonds. The minimum absolute atomic E-state index is 0.0255. The smallest absolute Gasteiger partial charge is 0.252 e. The molecule has 4 aromatic rings. The van der Waals surface area contributed by atoms with Crippen LogP contribution in [0.2, 0.25) is 4.34 Å². The van der Waals surface area contributed by atoms with Gasteiger partial charge in [0.1, 0.15) is 4.21 Å². The lowest BCUT2D eigenvalue weighted by Gasteiger charge is -2.32. The third kappa shape index (κ3) is 4.76. The van der Waals surface area contributed by atoms with Gasteiger partial charge in [-0.05, 0) is 43.2 Å². The first-order chi connectivity index (χ1) is 16.4. The van der Waals surface area contributed by atoms with Crippen LogP contribution in [0.5, 0.6) is 0 Å². The number of benzene rings is 1. The molecule has 0 spiro atoms. The lowest BCUT2D eigenvalue weighted by atomic mass is 9.96. The molecule has 8 nitrogen and oxygen atoms in total. The monoisotopic (exact) mass is 535 g/mol. The predicted octanol–water partition coefficient (Wildman–Crippen LogP) is 4.34. The highest BCUT2D eigenvalue weighted by Crippen LogP contribution is 2.33. The van der Waals surface area contributed by atoms with Gasteiger partial charge in [-0.25, -0.2) is 13.4 Å². The molecule has 0 unspecified atom stereocenters. The van der Waals surface area contributed by atoms with Crippen molar-refractivity contribution in [2.75, 3.05) is 24.5 Å². The summed E-state index contributed by atoms with van der Waals surface area (Å²) >= 11 is 8.47. The van der Waals surface area contributed by atoms with Crippen LogP contribution in [-0.4, -0.2) is 53.0 Å². The van der Waals surface area contributed by atoms with Crippen LogP contribution in [0.3, 0.4) is 0 Å². The maximum atomic E-state index is 13.6. The molecule has 0 N–H and O–H groups in total. The number of aromatic nitrogens is 3. The molecule has 1 aliphatic rings. The number of para-hydroxylation sites is 1. The van der Waals surface area contributed by atoms with Crippen molar-refractivity contribution in [3.8, 4) is 0 Å². The van der Waals surface area contributed by atoms with E-state index in [1.807, 2.05) is 36.5 Å². The first-order valence-electron chi connectivity index (χ1n) is 10.8. The molecule has 1 fully saturated rings. The highest BCUT2D eigenvalue weighted by atomic mass is 35.5. The molecule has 0 saturated carbocycles. The van der Waals surface area contributed by atoms with E-state index >= 15 is 0 Å². The molecule has 3 aromatic heterocycles. The lowest BCUT2D eigenvalue weighted by Crippen LogP contribution is -2.45. The molecule has 1 saturated heterocycles. The zero-order chi connectivity index (χ0) is 23.7. The van der Waals surface area contributed by atoms with Gasteiger partial charge in [-0.15, -0.1) is 11.3 Å². The summed E-state index contributed by atoms with van der Waals surface area (Å²) in [6.07, 6.45) is 4.49. The summed E-state index contributed by atoms with van der Waals surface area (Å²) in [6, 6.07) is 12.8. The number of carbonyl (C=O) groups is 1. The Balaban J connectivity index is 1.33. The molecule has 1 aromatic carbocycles. The highest BCUT2D eigenvalue weighted by Gasteiger charge is 2.35. The minimum Gasteiger partial charge on any atom is -0.286 e. The van der Waals surface area contributed by atoms with Crippen molar-refractivity contribution >= 4 is 65.6 Å². The van der Waals surface area contributed by atoms with Crippen molar-refractivity contribution in [3.63, 3.8) is 0 Å². The summed E-state index contributed by atoms with van der Waals surface area (Å²) in [4.78, 5) is 20.1. The van der Waals surface area contributed by atoms with E-state index in [9.17, 15) is 13.2 Å². The van der Waals surface area contributed by atoms with Crippen molar-refractivity contribution in [2.24, 2.45) is 5.92 Å². The maximum absolute atomic E-state index is 13.6. The topological polar surface area (TPSA) is 88.4 Å². The summed E-state index contributed by atoms with van der Waals surface area (Å²) in [5.74, 6) is -0.301. The molecule has 0 bridgehead atoms. The fourth-order valence-corrected chi connectivity index (χ4v) is 8.14. The van der Waals surface area contributed by atoms with Gasteiger partial charge in [0.15, 0.2) is 5.13 Å². The Morgan fingerprint density at radius 2 is 1.91 bits per heavy atom. The average Bonchev–Trinajstić information content (AvgIpc) is 3.60. The zero-order valence-corrected chi connectivity index (χ0v) is 21.3. The van der Waals surface area contributed by atoms with E-state index in [0.717, 1.165) is 21.6 Å². The van der Waals surface area contributed by atoms with E-state index in [0.29, 0.717) is 48.5 Å². The molecular formula is C22H22ClN5O3S3. The van der Waals surface area contributed by atoms with Gasteiger partial charge >= 0.3 is 0 Å². The Labute approximate surface area is 210 Å². The largest absolute Gasteiger partial charge is 0.286 e. The van der Waals surface area contributed by atoms with Gasteiger partial charge in [0.25, 0.3) is 10.0 Å². The number of carbonyl (C=O) groups excluding carboxylic acids is 1. The van der Waals surface area contributed by atoms with Crippen LogP contribution in [0.15, 0.2) is 59.1 Å². The Morgan fingerprint density at radius 1 is 1.12 bits per heavy atom. The number of thiophene rings is 1. The van der Waals surface area contributed by atoms with E-state index in [4.69, 9.17) is 16.6 Å². The fraction of sp³-hybridized carbons (Fsp3) is 0.318. The number of thiazole rings is 1. The summed E-state index contributed by atoms with van der Waals surface area (Å²) < 4.78 is 30.8. The normalized spacial score (nSPS) is 15.7. The third-order valence-corrected chi connectivity index (χ3v) is 10.5. The Bertz CT molecular complexity index is 1360. The first kappa shape index (κ1) is 23.4. The third-order valence-electron chi connectivity index (χ3n) is 5.84. The van der Waals surface area contributed by atoms with Gasteiger partial charge < -0.3 is 0 Å². The Kier molecular flexibility index (Phi) is 6.72. The van der Waals surface area contributed by atoms with E-state index in [1.54, 1.807) is 21.8 Å². The van der Waals surface area contributed by atoms with Crippen LogP contribution in [0.4, 0.5) is 5.13 Å². The molecule has 4 heterocycles. The van der Waals surface area contributed by atoms with Gasteiger partial charge in [0.05, 0.1) is 21.1 Å². The van der Waals surface area contributed by atoms with E-state index in [1.165, 1.54) is 21.7 Å². The number of fused-ring (bicyclic) bond motifs is 1. The molecule has 1 aliphatic heterocycles. The maximum Gasteiger partial charge on any atom is 0.252 e. The van der Waals surface area contributed by atoms with Crippen molar-refractivity contribution in [2.45, 2.75) is 23.6 Å². The first-order valence-corrected chi connectivity index (χ1v) is 14.3. The number of piperidine rings is 1. The second-order valence-electron chi connectivity index (χ2n) is 7.96. The number of halogens is 1. The lowest BCUT2D eigenvalue weighted by molar-refractivity contribution is -0.123. The Morgan fingerprint density at radius 3 is 2.59 bits per heavy atom. The number of amides is 1. The summed E-state index contributed by atoms with van der Waals surface area (Å²) in [5.41, 5.74) is 0.856. The molecule has 0 aliphatic carbocycles. The predicted molar refractivity (Wildman–Crippen MR) is 135 cm³/mol. The number of hydrogen-bond acceptors (Lipinski definition) is 7. The highest BCUT2D eigenvalue weighted by molar-refractivity contribution is 7.91. The van der Waals surface area contributed by atoms with Crippen LogP contribution < -0.4 is 4.90 Å². The number of sulfonamides is 1. The molecule has 0 atom stereocenters. The van der Waals surface area contributed by atoms with Gasteiger partial charge in [-0.3, -0.25) is 14.4 Å². The second-order valence-corrected chi connectivity index (χ2v) is 12.8. The van der Waals surface area contributed by atoms with Crippen molar-refractivity contribution in [1.29, 1.82) is 0 Å². The van der Waals surface area contributed by atoms with Crippen LogP contribution >= 0.6 is 34.3 Å². The van der Waals surface area contributed by atoms with Crippen molar-refractivity contribution in [3.05, 3.63) is 59.2 Å².